The zero-order valence-corrected chi connectivity index (χ0v) is 17.9. The van der Waals surface area contributed by atoms with Crippen molar-refractivity contribution in [2.45, 2.75) is 22.5 Å². The topological polar surface area (TPSA) is 102 Å². The number of carbonyl (C=O) groups excluding carboxylic acids is 2. The van der Waals surface area contributed by atoms with Gasteiger partial charge >= 0.3 is 0 Å². The zero-order valence-electron chi connectivity index (χ0n) is 16.2. The molecule has 30 heavy (non-hydrogen) atoms. The molecule has 0 fully saturated rings. The summed E-state index contributed by atoms with van der Waals surface area (Å²) >= 11 is 3.07. The molecule has 0 unspecified atom stereocenters. The Bertz CT molecular complexity index is 1050. The summed E-state index contributed by atoms with van der Waals surface area (Å²) in [7, 11) is 1.72. The summed E-state index contributed by atoms with van der Waals surface area (Å²) in [6.07, 6.45) is 0.903. The Morgan fingerprint density at radius 3 is 2.77 bits per heavy atom. The largest absolute Gasteiger partial charge is 0.345 e. The number of carbonyl (C=O) groups is 2. The van der Waals surface area contributed by atoms with E-state index >= 15 is 0 Å². The summed E-state index contributed by atoms with van der Waals surface area (Å²) in [6.45, 7) is 0. The molecule has 0 radical (unpaired) electrons. The van der Waals surface area contributed by atoms with Crippen LogP contribution in [-0.2, 0) is 11.8 Å². The number of amides is 2. The third kappa shape index (κ3) is 4.82. The molecule has 0 aliphatic carbocycles. The van der Waals surface area contributed by atoms with Gasteiger partial charge in [0, 0.05) is 28.9 Å². The average Bonchev–Trinajstić information content (AvgIpc) is 3.18. The van der Waals surface area contributed by atoms with Crippen LogP contribution in [0.1, 0.15) is 28.4 Å². The van der Waals surface area contributed by atoms with Crippen molar-refractivity contribution in [1.82, 2.24) is 25.5 Å². The van der Waals surface area contributed by atoms with Crippen molar-refractivity contribution < 1.29 is 9.59 Å². The highest BCUT2D eigenvalue weighted by Crippen LogP contribution is 2.35. The normalized spacial score (nSPS) is 15.3. The lowest BCUT2D eigenvalue weighted by Crippen LogP contribution is -2.30. The molecular formula is C20H20N6O2S2. The van der Waals surface area contributed by atoms with Crippen LogP contribution in [0.15, 0.2) is 58.6 Å². The number of aryl methyl sites for hydroxylation is 1. The molecule has 1 aliphatic rings. The number of benzene rings is 2. The van der Waals surface area contributed by atoms with Crippen LogP contribution in [0, 0.1) is 0 Å². The van der Waals surface area contributed by atoms with Gasteiger partial charge in [-0.05, 0) is 52.7 Å². The van der Waals surface area contributed by atoms with Crippen molar-refractivity contribution in [1.29, 1.82) is 0 Å². The first-order valence-electron chi connectivity index (χ1n) is 9.38. The molecule has 1 aliphatic heterocycles. The van der Waals surface area contributed by atoms with E-state index in [2.05, 4.69) is 38.3 Å². The summed E-state index contributed by atoms with van der Waals surface area (Å²) in [5, 5.41) is 17.6. The van der Waals surface area contributed by atoms with E-state index in [4.69, 9.17) is 0 Å². The van der Waals surface area contributed by atoms with Crippen molar-refractivity contribution in [3.8, 4) is 0 Å². The van der Waals surface area contributed by atoms with Gasteiger partial charge in [-0.3, -0.25) is 9.59 Å². The van der Waals surface area contributed by atoms with Crippen LogP contribution < -0.4 is 10.6 Å². The van der Waals surface area contributed by atoms with Crippen LogP contribution in [0.3, 0.4) is 0 Å². The van der Waals surface area contributed by atoms with Gasteiger partial charge in [0.2, 0.25) is 11.1 Å². The maximum Gasteiger partial charge on any atom is 0.251 e. The van der Waals surface area contributed by atoms with Crippen LogP contribution in [0.25, 0.3) is 0 Å². The second-order valence-electron chi connectivity index (χ2n) is 6.70. The lowest BCUT2D eigenvalue weighted by Gasteiger charge is -2.25. The van der Waals surface area contributed by atoms with Crippen LogP contribution in [0.4, 0.5) is 5.69 Å². The Morgan fingerprint density at radius 1 is 1.20 bits per heavy atom. The number of tetrazole rings is 1. The molecule has 10 heteroatoms. The Kier molecular flexibility index (Phi) is 6.34. The molecule has 1 aromatic heterocycles. The number of fused-ring (bicyclic) bond motifs is 1. The number of rotatable bonds is 6. The summed E-state index contributed by atoms with van der Waals surface area (Å²) < 4.78 is 1.51. The van der Waals surface area contributed by atoms with Gasteiger partial charge in [-0.15, -0.1) is 16.9 Å². The maximum absolute atomic E-state index is 12.7. The number of hydrogen-bond acceptors (Lipinski definition) is 7. The second kappa shape index (κ2) is 9.31. The third-order valence-electron chi connectivity index (χ3n) is 4.61. The van der Waals surface area contributed by atoms with Crippen LogP contribution in [0.5, 0.6) is 0 Å². The first-order valence-corrected chi connectivity index (χ1v) is 11.3. The minimum atomic E-state index is -0.170. The molecule has 0 spiro atoms. The molecule has 0 saturated carbocycles. The maximum atomic E-state index is 12.7. The molecule has 154 valence electrons. The van der Waals surface area contributed by atoms with Gasteiger partial charge in [-0.2, -0.15) is 0 Å². The van der Waals surface area contributed by atoms with Gasteiger partial charge in [0.25, 0.3) is 5.91 Å². The van der Waals surface area contributed by atoms with E-state index in [1.165, 1.54) is 26.9 Å². The molecule has 3 aromatic rings. The van der Waals surface area contributed by atoms with Crippen LogP contribution in [0.2, 0.25) is 0 Å². The molecule has 4 rings (SSSR count). The Labute approximate surface area is 182 Å². The molecule has 2 amide bonds. The number of thioether (sulfide) groups is 2. The predicted molar refractivity (Wildman–Crippen MR) is 117 cm³/mol. The van der Waals surface area contributed by atoms with E-state index in [0.29, 0.717) is 16.4 Å². The highest BCUT2D eigenvalue weighted by Gasteiger charge is 2.22. The second-order valence-corrected chi connectivity index (χ2v) is 8.78. The molecule has 8 nitrogen and oxygen atoms in total. The van der Waals surface area contributed by atoms with Crippen molar-refractivity contribution in [3.05, 3.63) is 59.7 Å². The quantitative estimate of drug-likeness (QED) is 0.568. The summed E-state index contributed by atoms with van der Waals surface area (Å²) in [6, 6.07) is 15.1. The third-order valence-corrected chi connectivity index (χ3v) is 6.74. The predicted octanol–water partition coefficient (Wildman–Crippen LogP) is 2.91. The fourth-order valence-corrected chi connectivity index (χ4v) is 4.88. The first kappa shape index (κ1) is 20.4. The molecule has 2 aromatic carbocycles. The molecule has 2 N–H and O–H groups in total. The first-order chi connectivity index (χ1) is 14.6. The van der Waals surface area contributed by atoms with E-state index in [-0.39, 0.29) is 23.6 Å². The molecule has 0 saturated heterocycles. The molecule has 1 atom stereocenters. The zero-order chi connectivity index (χ0) is 20.9. The number of anilines is 1. The standard InChI is InChI=1S/C20H20N6O2S2/c1-26-20(23-24-25-26)30-12-18(27)21-14-8-6-13(7-9-14)19(28)22-16-10-11-29-17-5-3-2-4-15(16)17/h2-9,16H,10-12H2,1H3,(H,21,27)(H,22,28)/t16-/m0/s1. The Balaban J connectivity index is 1.32. The van der Waals surface area contributed by atoms with Gasteiger partial charge in [0.15, 0.2) is 0 Å². The van der Waals surface area contributed by atoms with Crippen molar-refractivity contribution >= 4 is 41.0 Å². The van der Waals surface area contributed by atoms with Gasteiger partial charge in [0.05, 0.1) is 11.8 Å². The molecular weight excluding hydrogens is 420 g/mol. The number of nitrogens with zero attached hydrogens (tertiary/aromatic N) is 4. The smallest absolute Gasteiger partial charge is 0.251 e. The van der Waals surface area contributed by atoms with E-state index in [9.17, 15) is 9.59 Å². The molecule has 2 heterocycles. The lowest BCUT2D eigenvalue weighted by molar-refractivity contribution is -0.113. The van der Waals surface area contributed by atoms with Gasteiger partial charge in [-0.25, -0.2) is 4.68 Å². The number of nitrogens with one attached hydrogen (secondary N) is 2. The minimum absolute atomic E-state index is 0.0152. The van der Waals surface area contributed by atoms with E-state index in [0.717, 1.165) is 12.2 Å². The number of hydrogen-bond donors (Lipinski definition) is 2. The number of aromatic nitrogens is 4. The summed E-state index contributed by atoms with van der Waals surface area (Å²) in [5.41, 5.74) is 2.36. The van der Waals surface area contributed by atoms with Crippen LogP contribution >= 0.6 is 23.5 Å². The van der Waals surface area contributed by atoms with Crippen molar-refractivity contribution in [2.75, 3.05) is 16.8 Å². The summed E-state index contributed by atoms with van der Waals surface area (Å²) in [5.74, 6) is 0.881. The summed E-state index contributed by atoms with van der Waals surface area (Å²) in [4.78, 5) is 26.0. The SMILES string of the molecule is Cn1nnnc1SCC(=O)Nc1ccc(C(=O)N[C@H]2CCSc3ccccc32)cc1. The fourth-order valence-electron chi connectivity index (χ4n) is 3.11. The highest BCUT2D eigenvalue weighted by molar-refractivity contribution is 7.99. The highest BCUT2D eigenvalue weighted by atomic mass is 32.2. The van der Waals surface area contributed by atoms with E-state index in [1.54, 1.807) is 31.3 Å². The van der Waals surface area contributed by atoms with Crippen molar-refractivity contribution in [3.63, 3.8) is 0 Å². The lowest BCUT2D eigenvalue weighted by atomic mass is 10.0. The Morgan fingerprint density at radius 2 is 2.00 bits per heavy atom. The molecule has 0 bridgehead atoms. The van der Waals surface area contributed by atoms with Crippen molar-refractivity contribution in [2.24, 2.45) is 7.05 Å². The van der Waals surface area contributed by atoms with Gasteiger partial charge in [0.1, 0.15) is 0 Å². The van der Waals surface area contributed by atoms with E-state index in [1.807, 2.05) is 23.9 Å². The van der Waals surface area contributed by atoms with Gasteiger partial charge < -0.3 is 10.6 Å². The fraction of sp³-hybridized carbons (Fsp3) is 0.250. The Hall–Kier alpha value is -2.85. The van der Waals surface area contributed by atoms with Gasteiger partial charge in [-0.1, -0.05) is 30.0 Å². The average molecular weight is 441 g/mol. The van der Waals surface area contributed by atoms with Crippen LogP contribution in [-0.4, -0.2) is 43.5 Å². The monoisotopic (exact) mass is 440 g/mol. The minimum Gasteiger partial charge on any atom is -0.345 e. The van der Waals surface area contributed by atoms with E-state index < -0.39 is 0 Å².